The Kier molecular flexibility index (Phi) is 4.34. The highest BCUT2D eigenvalue weighted by molar-refractivity contribution is 9.10. The molecule has 1 saturated carbocycles. The van der Waals surface area contributed by atoms with E-state index >= 15 is 0 Å². The summed E-state index contributed by atoms with van der Waals surface area (Å²) in [6.07, 6.45) is 2.43. The van der Waals surface area contributed by atoms with Gasteiger partial charge >= 0.3 is 0 Å². The Morgan fingerprint density at radius 2 is 1.81 bits per heavy atom. The SMILES string of the molecule is CC(C)c1cccc(NC2CC(c3ccccc3Br)C2)c1. The van der Waals surface area contributed by atoms with Crippen molar-refractivity contribution in [2.45, 2.75) is 44.6 Å². The standard InChI is InChI=1S/C19H22BrN/c1-13(2)14-6-5-7-16(10-14)21-17-11-15(12-17)18-8-3-4-9-19(18)20/h3-10,13,15,17,21H,11-12H2,1-2H3. The van der Waals surface area contributed by atoms with E-state index in [1.807, 2.05) is 0 Å². The second-order valence-corrected chi connectivity index (χ2v) is 7.17. The highest BCUT2D eigenvalue weighted by atomic mass is 79.9. The van der Waals surface area contributed by atoms with Gasteiger partial charge in [0.25, 0.3) is 0 Å². The molecular formula is C19H22BrN. The number of rotatable bonds is 4. The Morgan fingerprint density at radius 3 is 2.52 bits per heavy atom. The van der Waals surface area contributed by atoms with Crippen molar-refractivity contribution in [2.75, 3.05) is 5.32 Å². The van der Waals surface area contributed by atoms with Crippen LogP contribution in [-0.2, 0) is 0 Å². The van der Waals surface area contributed by atoms with Gasteiger partial charge in [-0.25, -0.2) is 0 Å². The predicted molar refractivity (Wildman–Crippen MR) is 94.1 cm³/mol. The average Bonchev–Trinajstić information content (AvgIpc) is 2.44. The Hall–Kier alpha value is -1.28. The fourth-order valence-corrected chi connectivity index (χ4v) is 3.63. The molecule has 2 aromatic carbocycles. The van der Waals surface area contributed by atoms with Crippen LogP contribution in [0, 0.1) is 0 Å². The van der Waals surface area contributed by atoms with Crippen LogP contribution in [0.3, 0.4) is 0 Å². The van der Waals surface area contributed by atoms with Gasteiger partial charge in [-0.3, -0.25) is 0 Å². The van der Waals surface area contributed by atoms with Gasteiger partial charge in [0.15, 0.2) is 0 Å². The zero-order valence-corrected chi connectivity index (χ0v) is 14.2. The summed E-state index contributed by atoms with van der Waals surface area (Å²) in [6, 6.07) is 18.0. The summed E-state index contributed by atoms with van der Waals surface area (Å²) in [7, 11) is 0. The van der Waals surface area contributed by atoms with Gasteiger partial charge in [-0.1, -0.05) is 60.1 Å². The van der Waals surface area contributed by atoms with E-state index in [-0.39, 0.29) is 0 Å². The van der Waals surface area contributed by atoms with Crippen LogP contribution >= 0.6 is 15.9 Å². The number of benzene rings is 2. The molecule has 3 rings (SSSR count). The van der Waals surface area contributed by atoms with Gasteiger partial charge in [0, 0.05) is 16.2 Å². The van der Waals surface area contributed by atoms with E-state index in [0.29, 0.717) is 17.9 Å². The summed E-state index contributed by atoms with van der Waals surface area (Å²) in [6.45, 7) is 4.48. The summed E-state index contributed by atoms with van der Waals surface area (Å²) in [5, 5.41) is 3.68. The first-order valence-corrected chi connectivity index (χ1v) is 8.53. The molecule has 0 atom stereocenters. The Bertz CT molecular complexity index is 614. The molecule has 0 aromatic heterocycles. The molecule has 1 fully saturated rings. The highest BCUT2D eigenvalue weighted by Gasteiger charge is 2.31. The molecule has 110 valence electrons. The molecule has 0 heterocycles. The monoisotopic (exact) mass is 343 g/mol. The Balaban J connectivity index is 1.60. The Labute approximate surface area is 135 Å². The van der Waals surface area contributed by atoms with Crippen LogP contribution in [0.2, 0.25) is 0 Å². The van der Waals surface area contributed by atoms with E-state index in [1.54, 1.807) is 0 Å². The van der Waals surface area contributed by atoms with Crippen LogP contribution in [0.15, 0.2) is 53.0 Å². The molecule has 1 aliphatic carbocycles. The smallest absolute Gasteiger partial charge is 0.0345 e. The summed E-state index contributed by atoms with van der Waals surface area (Å²) in [5.74, 6) is 1.27. The second-order valence-electron chi connectivity index (χ2n) is 6.31. The van der Waals surface area contributed by atoms with Crippen molar-refractivity contribution in [3.05, 3.63) is 64.1 Å². The number of halogens is 1. The van der Waals surface area contributed by atoms with Gasteiger partial charge in [-0.2, -0.15) is 0 Å². The summed E-state index contributed by atoms with van der Waals surface area (Å²) in [5.41, 5.74) is 4.12. The molecule has 1 nitrogen and oxygen atoms in total. The van der Waals surface area contributed by atoms with Crippen molar-refractivity contribution in [1.29, 1.82) is 0 Å². The lowest BCUT2D eigenvalue weighted by Crippen LogP contribution is -2.34. The maximum atomic E-state index is 3.68. The van der Waals surface area contributed by atoms with Gasteiger partial charge in [0.05, 0.1) is 0 Å². The van der Waals surface area contributed by atoms with Crippen molar-refractivity contribution in [3.8, 4) is 0 Å². The van der Waals surface area contributed by atoms with E-state index in [1.165, 1.54) is 34.1 Å². The van der Waals surface area contributed by atoms with Gasteiger partial charge in [0.1, 0.15) is 0 Å². The van der Waals surface area contributed by atoms with Crippen LogP contribution in [0.5, 0.6) is 0 Å². The fraction of sp³-hybridized carbons (Fsp3) is 0.368. The maximum absolute atomic E-state index is 3.68. The molecule has 0 spiro atoms. The van der Waals surface area contributed by atoms with E-state index < -0.39 is 0 Å². The van der Waals surface area contributed by atoms with Crippen LogP contribution in [-0.4, -0.2) is 6.04 Å². The lowest BCUT2D eigenvalue weighted by Gasteiger charge is -2.37. The summed E-state index contributed by atoms with van der Waals surface area (Å²) >= 11 is 3.66. The third-order valence-electron chi connectivity index (χ3n) is 4.41. The summed E-state index contributed by atoms with van der Waals surface area (Å²) in [4.78, 5) is 0. The van der Waals surface area contributed by atoms with E-state index in [9.17, 15) is 0 Å². The van der Waals surface area contributed by atoms with E-state index in [2.05, 4.69) is 83.6 Å². The van der Waals surface area contributed by atoms with E-state index in [0.717, 1.165) is 0 Å². The van der Waals surface area contributed by atoms with Gasteiger partial charge in [-0.15, -0.1) is 0 Å². The fourth-order valence-electron chi connectivity index (χ4n) is 3.02. The number of hydrogen-bond acceptors (Lipinski definition) is 1. The van der Waals surface area contributed by atoms with Crippen LogP contribution in [0.4, 0.5) is 5.69 Å². The van der Waals surface area contributed by atoms with Crippen molar-refractivity contribution in [3.63, 3.8) is 0 Å². The van der Waals surface area contributed by atoms with Gasteiger partial charge < -0.3 is 5.32 Å². The maximum Gasteiger partial charge on any atom is 0.0345 e. The lowest BCUT2D eigenvalue weighted by molar-refractivity contribution is 0.373. The predicted octanol–water partition coefficient (Wildman–Crippen LogP) is 5.93. The molecule has 0 radical (unpaired) electrons. The van der Waals surface area contributed by atoms with Crippen molar-refractivity contribution in [2.24, 2.45) is 0 Å². The molecule has 1 N–H and O–H groups in total. The zero-order chi connectivity index (χ0) is 14.8. The molecule has 1 aliphatic rings. The molecule has 0 saturated heterocycles. The van der Waals surface area contributed by atoms with Gasteiger partial charge in [0.2, 0.25) is 0 Å². The Morgan fingerprint density at radius 1 is 1.05 bits per heavy atom. The molecule has 21 heavy (non-hydrogen) atoms. The third-order valence-corrected chi connectivity index (χ3v) is 5.13. The average molecular weight is 344 g/mol. The number of hydrogen-bond donors (Lipinski definition) is 1. The minimum Gasteiger partial charge on any atom is -0.382 e. The lowest BCUT2D eigenvalue weighted by atomic mass is 9.76. The molecule has 2 heteroatoms. The molecule has 0 amide bonds. The number of anilines is 1. The zero-order valence-electron chi connectivity index (χ0n) is 12.6. The van der Waals surface area contributed by atoms with E-state index in [4.69, 9.17) is 0 Å². The number of nitrogens with one attached hydrogen (secondary N) is 1. The van der Waals surface area contributed by atoms with Crippen LogP contribution in [0.25, 0.3) is 0 Å². The molecule has 2 aromatic rings. The van der Waals surface area contributed by atoms with Crippen LogP contribution < -0.4 is 5.32 Å². The first kappa shape index (κ1) is 14.6. The quantitative estimate of drug-likeness (QED) is 0.725. The normalized spacial score (nSPS) is 21.1. The van der Waals surface area contributed by atoms with Crippen molar-refractivity contribution >= 4 is 21.6 Å². The molecule has 0 unspecified atom stereocenters. The highest BCUT2D eigenvalue weighted by Crippen LogP contribution is 2.41. The largest absolute Gasteiger partial charge is 0.382 e. The third kappa shape index (κ3) is 3.32. The van der Waals surface area contributed by atoms with Crippen LogP contribution in [0.1, 0.15) is 49.7 Å². The molecule has 0 bridgehead atoms. The molecule has 0 aliphatic heterocycles. The first-order chi connectivity index (χ1) is 10.1. The van der Waals surface area contributed by atoms with Gasteiger partial charge in [-0.05, 0) is 54.0 Å². The first-order valence-electron chi connectivity index (χ1n) is 7.74. The second kappa shape index (κ2) is 6.23. The van der Waals surface area contributed by atoms with Crippen molar-refractivity contribution < 1.29 is 0 Å². The summed E-state index contributed by atoms with van der Waals surface area (Å²) < 4.78 is 1.25. The minimum atomic E-state index is 0.584. The molecular weight excluding hydrogens is 322 g/mol. The van der Waals surface area contributed by atoms with Crippen molar-refractivity contribution in [1.82, 2.24) is 0 Å². The topological polar surface area (TPSA) is 12.0 Å². The minimum absolute atomic E-state index is 0.584.